The van der Waals surface area contributed by atoms with Gasteiger partial charge in [-0.25, -0.2) is 9.97 Å². The zero-order valence-electron chi connectivity index (χ0n) is 14.5. The Hall–Kier alpha value is -2.44. The lowest BCUT2D eigenvalue weighted by Crippen LogP contribution is -2.22. The third-order valence-corrected chi connectivity index (χ3v) is 4.64. The molecule has 1 fully saturated rings. The Morgan fingerprint density at radius 2 is 2.08 bits per heavy atom. The fourth-order valence-corrected chi connectivity index (χ4v) is 3.05. The molecule has 2 aromatic heterocycles. The monoisotopic (exact) mass is 328 g/mol. The van der Waals surface area contributed by atoms with Gasteiger partial charge in [-0.1, -0.05) is 6.92 Å². The standard InChI is InChI=1S/C17H24N6O/c1-4-12(2)23-13(3)14(9-20-23)17(24)21-15-10-18-11-19-16(15)22-7-5-6-8-22/h9-12H,4-8H2,1-3H3,(H,21,24). The van der Waals surface area contributed by atoms with Crippen molar-refractivity contribution in [1.29, 1.82) is 0 Å². The van der Waals surface area contributed by atoms with Crippen molar-refractivity contribution in [1.82, 2.24) is 19.7 Å². The van der Waals surface area contributed by atoms with Crippen molar-refractivity contribution in [3.8, 4) is 0 Å². The lowest BCUT2D eigenvalue weighted by molar-refractivity contribution is 0.102. The average Bonchev–Trinajstić information content (AvgIpc) is 3.24. The summed E-state index contributed by atoms with van der Waals surface area (Å²) in [6.45, 7) is 8.06. The number of rotatable bonds is 5. The molecule has 7 nitrogen and oxygen atoms in total. The maximum Gasteiger partial charge on any atom is 0.259 e. The Kier molecular flexibility index (Phi) is 4.78. The fourth-order valence-electron chi connectivity index (χ4n) is 3.05. The topological polar surface area (TPSA) is 75.9 Å². The highest BCUT2D eigenvalue weighted by atomic mass is 16.1. The number of hydrogen-bond acceptors (Lipinski definition) is 5. The Bertz CT molecular complexity index is 720. The van der Waals surface area contributed by atoms with E-state index in [0.717, 1.165) is 43.9 Å². The van der Waals surface area contributed by atoms with Crippen LogP contribution in [0.25, 0.3) is 0 Å². The van der Waals surface area contributed by atoms with Gasteiger partial charge in [0.15, 0.2) is 5.82 Å². The van der Waals surface area contributed by atoms with Crippen LogP contribution in [0.3, 0.4) is 0 Å². The first-order valence-electron chi connectivity index (χ1n) is 8.52. The first-order valence-corrected chi connectivity index (χ1v) is 8.52. The molecule has 7 heteroatoms. The molecular formula is C17H24N6O. The second-order valence-electron chi connectivity index (χ2n) is 6.25. The van der Waals surface area contributed by atoms with Gasteiger partial charge in [-0.2, -0.15) is 5.10 Å². The molecule has 3 rings (SSSR count). The van der Waals surface area contributed by atoms with Gasteiger partial charge in [0, 0.05) is 24.8 Å². The minimum atomic E-state index is -0.169. The van der Waals surface area contributed by atoms with Crippen LogP contribution >= 0.6 is 0 Å². The number of aromatic nitrogens is 4. The first kappa shape index (κ1) is 16.4. The van der Waals surface area contributed by atoms with Gasteiger partial charge in [0.1, 0.15) is 12.0 Å². The van der Waals surface area contributed by atoms with Gasteiger partial charge in [0.2, 0.25) is 0 Å². The van der Waals surface area contributed by atoms with Gasteiger partial charge in [-0.15, -0.1) is 0 Å². The summed E-state index contributed by atoms with van der Waals surface area (Å²) in [6.07, 6.45) is 8.09. The molecule has 1 atom stereocenters. The van der Waals surface area contributed by atoms with E-state index < -0.39 is 0 Å². The number of hydrogen-bond donors (Lipinski definition) is 1. The molecule has 24 heavy (non-hydrogen) atoms. The van der Waals surface area contributed by atoms with Crippen molar-refractivity contribution in [2.24, 2.45) is 0 Å². The molecule has 1 saturated heterocycles. The lowest BCUT2D eigenvalue weighted by atomic mass is 10.2. The second kappa shape index (κ2) is 6.98. The predicted octanol–water partition coefficient (Wildman–Crippen LogP) is 2.81. The molecule has 1 unspecified atom stereocenters. The van der Waals surface area contributed by atoms with Crippen LogP contribution in [0.15, 0.2) is 18.7 Å². The minimum absolute atomic E-state index is 0.169. The van der Waals surface area contributed by atoms with Crippen molar-refractivity contribution in [2.75, 3.05) is 23.3 Å². The van der Waals surface area contributed by atoms with E-state index in [0.29, 0.717) is 11.3 Å². The summed E-state index contributed by atoms with van der Waals surface area (Å²) in [5, 5.41) is 7.32. The maximum absolute atomic E-state index is 12.7. The smallest absolute Gasteiger partial charge is 0.259 e. The third kappa shape index (κ3) is 3.11. The highest BCUT2D eigenvalue weighted by Gasteiger charge is 2.21. The zero-order valence-corrected chi connectivity index (χ0v) is 14.5. The van der Waals surface area contributed by atoms with E-state index in [1.54, 1.807) is 12.4 Å². The van der Waals surface area contributed by atoms with Crippen LogP contribution < -0.4 is 10.2 Å². The molecule has 128 valence electrons. The summed E-state index contributed by atoms with van der Waals surface area (Å²) >= 11 is 0. The van der Waals surface area contributed by atoms with Crippen LogP contribution in [0.4, 0.5) is 11.5 Å². The molecule has 1 amide bonds. The van der Waals surface area contributed by atoms with Gasteiger partial charge >= 0.3 is 0 Å². The van der Waals surface area contributed by atoms with Gasteiger partial charge in [-0.3, -0.25) is 9.48 Å². The molecule has 0 spiro atoms. The highest BCUT2D eigenvalue weighted by Crippen LogP contribution is 2.26. The van der Waals surface area contributed by atoms with Crippen LogP contribution in [-0.4, -0.2) is 38.7 Å². The molecular weight excluding hydrogens is 304 g/mol. The van der Waals surface area contributed by atoms with Gasteiger partial charge < -0.3 is 10.2 Å². The van der Waals surface area contributed by atoms with E-state index in [1.165, 1.54) is 6.33 Å². The SMILES string of the molecule is CCC(C)n1ncc(C(=O)Nc2cncnc2N2CCCC2)c1C. The third-order valence-electron chi connectivity index (χ3n) is 4.64. The van der Waals surface area contributed by atoms with E-state index in [1.807, 2.05) is 11.6 Å². The van der Waals surface area contributed by atoms with Crippen molar-refractivity contribution < 1.29 is 4.79 Å². The fraction of sp³-hybridized carbons (Fsp3) is 0.529. The molecule has 1 N–H and O–H groups in total. The van der Waals surface area contributed by atoms with Crippen LogP contribution in [0, 0.1) is 6.92 Å². The van der Waals surface area contributed by atoms with Crippen LogP contribution in [0.5, 0.6) is 0 Å². The van der Waals surface area contributed by atoms with Crippen LogP contribution in [-0.2, 0) is 0 Å². The molecule has 1 aliphatic heterocycles. The number of amides is 1. The van der Waals surface area contributed by atoms with Crippen LogP contribution in [0.1, 0.15) is 55.2 Å². The molecule has 3 heterocycles. The molecule has 0 bridgehead atoms. The van der Waals surface area contributed by atoms with E-state index in [-0.39, 0.29) is 11.9 Å². The first-order chi connectivity index (χ1) is 11.6. The van der Waals surface area contributed by atoms with E-state index in [4.69, 9.17) is 0 Å². The Balaban J connectivity index is 1.82. The summed E-state index contributed by atoms with van der Waals surface area (Å²) in [7, 11) is 0. The second-order valence-corrected chi connectivity index (χ2v) is 6.25. The predicted molar refractivity (Wildman–Crippen MR) is 93.4 cm³/mol. The largest absolute Gasteiger partial charge is 0.355 e. The molecule has 0 aliphatic carbocycles. The minimum Gasteiger partial charge on any atom is -0.355 e. The van der Waals surface area contributed by atoms with Crippen molar-refractivity contribution in [3.63, 3.8) is 0 Å². The lowest BCUT2D eigenvalue weighted by Gasteiger charge is -2.19. The van der Waals surface area contributed by atoms with Crippen molar-refractivity contribution in [2.45, 2.75) is 46.1 Å². The summed E-state index contributed by atoms with van der Waals surface area (Å²) in [4.78, 5) is 23.3. The highest BCUT2D eigenvalue weighted by molar-refractivity contribution is 6.06. The van der Waals surface area contributed by atoms with Gasteiger partial charge in [-0.05, 0) is 33.1 Å². The number of carbonyl (C=O) groups excluding carboxylic acids is 1. The van der Waals surface area contributed by atoms with Crippen LogP contribution in [0.2, 0.25) is 0 Å². The molecule has 0 saturated carbocycles. The molecule has 2 aromatic rings. The number of anilines is 2. The summed E-state index contributed by atoms with van der Waals surface area (Å²) in [5.74, 6) is 0.625. The van der Waals surface area contributed by atoms with E-state index in [9.17, 15) is 4.79 Å². The quantitative estimate of drug-likeness (QED) is 0.913. The van der Waals surface area contributed by atoms with E-state index in [2.05, 4.69) is 39.1 Å². The summed E-state index contributed by atoms with van der Waals surface area (Å²) in [5.41, 5.74) is 2.12. The molecule has 1 aliphatic rings. The zero-order chi connectivity index (χ0) is 17.1. The Morgan fingerprint density at radius 3 is 2.79 bits per heavy atom. The number of nitrogens with one attached hydrogen (secondary N) is 1. The summed E-state index contributed by atoms with van der Waals surface area (Å²) < 4.78 is 1.90. The van der Waals surface area contributed by atoms with Gasteiger partial charge in [0.25, 0.3) is 5.91 Å². The molecule has 0 radical (unpaired) electrons. The average molecular weight is 328 g/mol. The molecule has 0 aromatic carbocycles. The normalized spacial score (nSPS) is 15.5. The maximum atomic E-state index is 12.7. The summed E-state index contributed by atoms with van der Waals surface area (Å²) in [6, 6.07) is 0.270. The van der Waals surface area contributed by atoms with Gasteiger partial charge in [0.05, 0.1) is 18.0 Å². The Labute approximate surface area is 142 Å². The number of carbonyl (C=O) groups is 1. The van der Waals surface area contributed by atoms with E-state index >= 15 is 0 Å². The Morgan fingerprint density at radius 1 is 1.33 bits per heavy atom. The van der Waals surface area contributed by atoms with Crippen molar-refractivity contribution in [3.05, 3.63) is 30.0 Å². The number of nitrogens with zero attached hydrogens (tertiary/aromatic N) is 5. The van der Waals surface area contributed by atoms with Crippen molar-refractivity contribution >= 4 is 17.4 Å².